The lowest BCUT2D eigenvalue weighted by molar-refractivity contribution is 0.268. The Bertz CT molecular complexity index is 91.0. The molecule has 1 aliphatic carbocycles. The predicted octanol–water partition coefficient (Wildman–Crippen LogP) is 2.33. The van der Waals surface area contributed by atoms with Crippen LogP contribution in [-0.2, 0) is 0 Å². The molecule has 1 fully saturated rings. The lowest BCUT2D eigenvalue weighted by Gasteiger charge is -2.20. The van der Waals surface area contributed by atoms with Crippen molar-refractivity contribution in [3.05, 3.63) is 6.92 Å². The molecule has 0 bridgehead atoms. The Balaban J connectivity index is 2.08. The molecule has 0 amide bonds. The maximum atomic E-state index is 3.89. The Morgan fingerprint density at radius 1 is 1.36 bits per heavy atom. The monoisotopic (exact) mass is 154 g/mol. The lowest BCUT2D eigenvalue weighted by atomic mass is 10.3. The van der Waals surface area contributed by atoms with Gasteiger partial charge in [0.15, 0.2) is 0 Å². The van der Waals surface area contributed by atoms with Crippen LogP contribution in [0.1, 0.15) is 32.6 Å². The summed E-state index contributed by atoms with van der Waals surface area (Å²) in [6.45, 7) is 9.95. The third-order valence-corrected chi connectivity index (χ3v) is 2.23. The molecule has 0 aromatic heterocycles. The standard InChI is InChI=1S/C10H20N/c1-3-7-11(8-4-2)9-10-5-6-10/h10H,1,3-9H2,2H3. The summed E-state index contributed by atoms with van der Waals surface area (Å²) in [4.78, 5) is 2.56. The van der Waals surface area contributed by atoms with E-state index in [0.29, 0.717) is 0 Å². The summed E-state index contributed by atoms with van der Waals surface area (Å²) in [6.07, 6.45) is 5.29. The molecule has 0 saturated heterocycles. The Morgan fingerprint density at radius 3 is 2.55 bits per heavy atom. The van der Waals surface area contributed by atoms with Crippen molar-refractivity contribution in [3.8, 4) is 0 Å². The Morgan fingerprint density at radius 2 is 2.09 bits per heavy atom. The maximum absolute atomic E-state index is 3.89. The second-order valence-corrected chi connectivity index (χ2v) is 3.60. The minimum atomic E-state index is 1.04. The Hall–Kier alpha value is -0.0400. The normalized spacial score (nSPS) is 17.7. The molecule has 0 spiro atoms. The smallest absolute Gasteiger partial charge is 0.000966 e. The van der Waals surface area contributed by atoms with E-state index in [9.17, 15) is 0 Å². The van der Waals surface area contributed by atoms with Gasteiger partial charge in [-0.3, -0.25) is 0 Å². The van der Waals surface area contributed by atoms with Crippen molar-refractivity contribution in [1.29, 1.82) is 0 Å². The third kappa shape index (κ3) is 3.76. The van der Waals surface area contributed by atoms with E-state index in [1.54, 1.807) is 0 Å². The molecule has 1 heteroatoms. The minimum absolute atomic E-state index is 1.04. The van der Waals surface area contributed by atoms with Crippen molar-refractivity contribution >= 4 is 0 Å². The molecule has 65 valence electrons. The van der Waals surface area contributed by atoms with Crippen LogP contribution in [0.4, 0.5) is 0 Å². The molecule has 1 aliphatic rings. The lowest BCUT2D eigenvalue weighted by Crippen LogP contribution is -2.27. The van der Waals surface area contributed by atoms with Gasteiger partial charge in [-0.2, -0.15) is 0 Å². The van der Waals surface area contributed by atoms with E-state index in [1.165, 1.54) is 38.9 Å². The summed E-state index contributed by atoms with van der Waals surface area (Å²) >= 11 is 0. The molecule has 0 unspecified atom stereocenters. The first kappa shape index (κ1) is 9.05. The van der Waals surface area contributed by atoms with Gasteiger partial charge in [0.25, 0.3) is 0 Å². The fourth-order valence-electron chi connectivity index (χ4n) is 1.50. The molecule has 11 heavy (non-hydrogen) atoms. The molecule has 0 aromatic rings. The zero-order chi connectivity index (χ0) is 8.10. The molecular weight excluding hydrogens is 134 g/mol. The van der Waals surface area contributed by atoms with E-state index in [2.05, 4.69) is 18.7 Å². The van der Waals surface area contributed by atoms with Crippen LogP contribution in [0.25, 0.3) is 0 Å². The zero-order valence-electron chi connectivity index (χ0n) is 7.68. The Labute approximate surface area is 70.8 Å². The van der Waals surface area contributed by atoms with E-state index in [0.717, 1.165) is 12.3 Å². The van der Waals surface area contributed by atoms with Gasteiger partial charge in [0.2, 0.25) is 0 Å². The van der Waals surface area contributed by atoms with E-state index in [-0.39, 0.29) is 0 Å². The van der Waals surface area contributed by atoms with Gasteiger partial charge >= 0.3 is 0 Å². The molecule has 1 radical (unpaired) electrons. The second kappa shape index (κ2) is 4.76. The third-order valence-electron chi connectivity index (χ3n) is 2.23. The molecule has 1 nitrogen and oxygen atoms in total. The van der Waals surface area contributed by atoms with Crippen molar-refractivity contribution in [2.24, 2.45) is 5.92 Å². The van der Waals surface area contributed by atoms with Gasteiger partial charge in [0.1, 0.15) is 0 Å². The van der Waals surface area contributed by atoms with E-state index in [1.807, 2.05) is 0 Å². The average Bonchev–Trinajstić information content (AvgIpc) is 2.73. The highest BCUT2D eigenvalue weighted by Gasteiger charge is 2.23. The topological polar surface area (TPSA) is 3.24 Å². The van der Waals surface area contributed by atoms with Crippen LogP contribution in [0.15, 0.2) is 0 Å². The van der Waals surface area contributed by atoms with Crippen molar-refractivity contribution in [2.75, 3.05) is 19.6 Å². The van der Waals surface area contributed by atoms with Gasteiger partial charge in [0.05, 0.1) is 0 Å². The van der Waals surface area contributed by atoms with Gasteiger partial charge in [-0.25, -0.2) is 0 Å². The average molecular weight is 154 g/mol. The van der Waals surface area contributed by atoms with Crippen LogP contribution in [0.2, 0.25) is 0 Å². The van der Waals surface area contributed by atoms with Gasteiger partial charge in [-0.1, -0.05) is 13.8 Å². The van der Waals surface area contributed by atoms with E-state index < -0.39 is 0 Å². The van der Waals surface area contributed by atoms with Crippen LogP contribution in [0.5, 0.6) is 0 Å². The van der Waals surface area contributed by atoms with Crippen LogP contribution in [-0.4, -0.2) is 24.5 Å². The molecule has 0 atom stereocenters. The van der Waals surface area contributed by atoms with Crippen molar-refractivity contribution in [3.63, 3.8) is 0 Å². The van der Waals surface area contributed by atoms with Crippen LogP contribution in [0.3, 0.4) is 0 Å². The van der Waals surface area contributed by atoms with E-state index in [4.69, 9.17) is 0 Å². The Kier molecular flexibility index (Phi) is 3.92. The van der Waals surface area contributed by atoms with Crippen LogP contribution in [0, 0.1) is 12.8 Å². The minimum Gasteiger partial charge on any atom is -0.303 e. The largest absolute Gasteiger partial charge is 0.303 e. The molecular formula is C10H20N. The summed E-state index contributed by atoms with van der Waals surface area (Å²) in [5, 5.41) is 0. The number of nitrogens with zero attached hydrogens (tertiary/aromatic N) is 1. The van der Waals surface area contributed by atoms with E-state index >= 15 is 0 Å². The first-order valence-corrected chi connectivity index (χ1v) is 4.88. The maximum Gasteiger partial charge on any atom is 0.000966 e. The fourth-order valence-corrected chi connectivity index (χ4v) is 1.50. The number of hydrogen-bond donors (Lipinski definition) is 0. The summed E-state index contributed by atoms with van der Waals surface area (Å²) in [7, 11) is 0. The zero-order valence-corrected chi connectivity index (χ0v) is 7.68. The fraction of sp³-hybridized carbons (Fsp3) is 0.900. The molecule has 0 aliphatic heterocycles. The van der Waals surface area contributed by atoms with Gasteiger partial charge in [0, 0.05) is 6.54 Å². The van der Waals surface area contributed by atoms with Crippen molar-refractivity contribution in [2.45, 2.75) is 32.6 Å². The molecule has 0 heterocycles. The highest BCUT2D eigenvalue weighted by atomic mass is 15.1. The van der Waals surface area contributed by atoms with Crippen LogP contribution < -0.4 is 0 Å². The second-order valence-electron chi connectivity index (χ2n) is 3.60. The van der Waals surface area contributed by atoms with Gasteiger partial charge < -0.3 is 4.90 Å². The van der Waals surface area contributed by atoms with Crippen molar-refractivity contribution < 1.29 is 0 Å². The summed E-state index contributed by atoms with van der Waals surface area (Å²) < 4.78 is 0. The first-order valence-electron chi connectivity index (χ1n) is 4.88. The highest BCUT2D eigenvalue weighted by molar-refractivity contribution is 4.77. The summed E-state index contributed by atoms with van der Waals surface area (Å²) in [5.74, 6) is 1.04. The molecule has 1 saturated carbocycles. The SMILES string of the molecule is [CH2]CCN(CCC)CC1CC1. The molecule has 0 N–H and O–H groups in total. The quantitative estimate of drug-likeness (QED) is 0.567. The van der Waals surface area contributed by atoms with Crippen molar-refractivity contribution in [1.82, 2.24) is 4.90 Å². The summed E-state index contributed by atoms with van der Waals surface area (Å²) in [6, 6.07) is 0. The number of hydrogen-bond acceptors (Lipinski definition) is 1. The van der Waals surface area contributed by atoms with Gasteiger partial charge in [-0.15, -0.1) is 0 Å². The highest BCUT2D eigenvalue weighted by Crippen LogP contribution is 2.29. The first-order chi connectivity index (χ1) is 5.36. The van der Waals surface area contributed by atoms with Crippen LogP contribution >= 0.6 is 0 Å². The predicted molar refractivity (Wildman–Crippen MR) is 49.4 cm³/mol. The molecule has 1 rings (SSSR count). The molecule has 0 aromatic carbocycles. The van der Waals surface area contributed by atoms with Gasteiger partial charge in [-0.05, 0) is 44.7 Å². The number of rotatable bonds is 6. The summed E-state index contributed by atoms with van der Waals surface area (Å²) in [5.41, 5.74) is 0.